The van der Waals surface area contributed by atoms with Crippen molar-refractivity contribution in [2.45, 2.75) is 39.7 Å². The zero-order chi connectivity index (χ0) is 14.3. The Labute approximate surface area is 114 Å². The molecule has 0 bridgehead atoms. The molecule has 1 aromatic rings. The Kier molecular flexibility index (Phi) is 3.31. The minimum Gasteiger partial charge on any atom is -0.476 e. The number of nitrogens with one attached hydrogen (secondary N) is 1. The molecule has 0 unspecified atom stereocenters. The maximum Gasteiger partial charge on any atom is 0.268 e. The summed E-state index contributed by atoms with van der Waals surface area (Å²) < 4.78 is 5.78. The molecule has 4 heteroatoms. The molecule has 1 heterocycles. The second-order valence-electron chi connectivity index (χ2n) is 6.44. The van der Waals surface area contributed by atoms with Crippen LogP contribution in [0.4, 0.5) is 5.69 Å². The highest BCUT2D eigenvalue weighted by Gasteiger charge is 2.35. The summed E-state index contributed by atoms with van der Waals surface area (Å²) in [5.74, 6) is 0.616. The molecule has 0 saturated carbocycles. The molecule has 1 aliphatic rings. The Bertz CT molecular complexity index is 507. The van der Waals surface area contributed by atoms with E-state index in [-0.39, 0.29) is 11.3 Å². The van der Waals surface area contributed by atoms with Crippen LogP contribution >= 0.6 is 0 Å². The van der Waals surface area contributed by atoms with Crippen LogP contribution in [0.3, 0.4) is 0 Å². The number of fused-ring (bicyclic) bond motifs is 1. The Morgan fingerprint density at radius 3 is 2.68 bits per heavy atom. The first-order valence-electron chi connectivity index (χ1n) is 6.57. The summed E-state index contributed by atoms with van der Waals surface area (Å²) >= 11 is 0. The van der Waals surface area contributed by atoms with Crippen molar-refractivity contribution >= 4 is 11.6 Å². The molecule has 0 spiro atoms. The highest BCUT2D eigenvalue weighted by atomic mass is 16.5. The molecule has 1 amide bonds. The first-order valence-corrected chi connectivity index (χ1v) is 6.57. The van der Waals surface area contributed by atoms with E-state index in [0.29, 0.717) is 6.54 Å². The van der Waals surface area contributed by atoms with E-state index in [0.717, 1.165) is 17.9 Å². The van der Waals surface area contributed by atoms with Crippen LogP contribution in [-0.2, 0) is 11.2 Å². The average Bonchev–Trinajstić information content (AvgIpc) is 2.30. The van der Waals surface area contributed by atoms with Gasteiger partial charge in [0.2, 0.25) is 0 Å². The van der Waals surface area contributed by atoms with Crippen molar-refractivity contribution in [2.75, 3.05) is 11.9 Å². The fourth-order valence-corrected chi connectivity index (χ4v) is 2.08. The van der Waals surface area contributed by atoms with E-state index < -0.39 is 5.60 Å². The molecule has 3 N–H and O–H groups in total. The molecule has 1 aromatic carbocycles. The van der Waals surface area contributed by atoms with Crippen molar-refractivity contribution < 1.29 is 9.53 Å². The van der Waals surface area contributed by atoms with Gasteiger partial charge in [-0.15, -0.1) is 0 Å². The molecule has 0 aliphatic carbocycles. The summed E-state index contributed by atoms with van der Waals surface area (Å²) in [6, 6.07) is 5.90. The smallest absolute Gasteiger partial charge is 0.268 e. The molecule has 0 aromatic heterocycles. The Morgan fingerprint density at radius 2 is 2.05 bits per heavy atom. The largest absolute Gasteiger partial charge is 0.476 e. The van der Waals surface area contributed by atoms with Gasteiger partial charge in [-0.05, 0) is 49.9 Å². The third kappa shape index (κ3) is 2.89. The minimum atomic E-state index is -0.824. The van der Waals surface area contributed by atoms with E-state index in [2.05, 4.69) is 19.2 Å². The van der Waals surface area contributed by atoms with E-state index >= 15 is 0 Å². The molecule has 2 rings (SSSR count). The maximum atomic E-state index is 11.8. The molecule has 104 valence electrons. The SMILES string of the molecule is CC(C)(CN)Cc1ccc2c(c1)OC(C)(C)C(=O)N2. The molecule has 19 heavy (non-hydrogen) atoms. The van der Waals surface area contributed by atoms with Gasteiger partial charge in [0.05, 0.1) is 5.69 Å². The van der Waals surface area contributed by atoms with Crippen LogP contribution in [0.1, 0.15) is 33.3 Å². The maximum absolute atomic E-state index is 11.8. The van der Waals surface area contributed by atoms with Crippen molar-refractivity contribution in [3.63, 3.8) is 0 Å². The number of carbonyl (C=O) groups excluding carboxylic acids is 1. The normalized spacial score (nSPS) is 17.4. The van der Waals surface area contributed by atoms with Gasteiger partial charge in [0, 0.05) is 0 Å². The number of hydrogen-bond acceptors (Lipinski definition) is 3. The topological polar surface area (TPSA) is 64.3 Å². The zero-order valence-electron chi connectivity index (χ0n) is 12.0. The minimum absolute atomic E-state index is 0.0572. The molecule has 0 radical (unpaired) electrons. The fraction of sp³-hybridized carbons (Fsp3) is 0.533. The molecular formula is C15H22N2O2. The number of nitrogens with two attached hydrogens (primary N) is 1. The first-order chi connectivity index (χ1) is 8.73. The van der Waals surface area contributed by atoms with Crippen molar-refractivity contribution in [1.82, 2.24) is 0 Å². The van der Waals surface area contributed by atoms with Crippen LogP contribution in [0.15, 0.2) is 18.2 Å². The van der Waals surface area contributed by atoms with Crippen molar-refractivity contribution in [3.05, 3.63) is 23.8 Å². The lowest BCUT2D eigenvalue weighted by Gasteiger charge is -2.32. The summed E-state index contributed by atoms with van der Waals surface area (Å²) in [6.07, 6.45) is 0.883. The van der Waals surface area contributed by atoms with Gasteiger partial charge < -0.3 is 15.8 Å². The van der Waals surface area contributed by atoms with Crippen LogP contribution in [0, 0.1) is 5.41 Å². The summed E-state index contributed by atoms with van der Waals surface area (Å²) in [5, 5.41) is 2.87. The standard InChI is InChI=1S/C15H22N2O2/c1-14(2,9-16)8-10-5-6-11-12(7-10)19-15(3,4)13(18)17-11/h5-7H,8-9,16H2,1-4H3,(H,17,18). The molecular weight excluding hydrogens is 240 g/mol. The predicted octanol–water partition coefficient (Wildman–Crippen LogP) is 2.32. The number of benzene rings is 1. The molecule has 0 saturated heterocycles. The highest BCUT2D eigenvalue weighted by molar-refractivity contribution is 6.00. The Hall–Kier alpha value is -1.55. The first kappa shape index (κ1) is 13.9. The molecule has 0 fully saturated rings. The van der Waals surface area contributed by atoms with Gasteiger partial charge in [-0.1, -0.05) is 19.9 Å². The lowest BCUT2D eigenvalue weighted by Crippen LogP contribution is -2.45. The number of carbonyl (C=O) groups is 1. The lowest BCUT2D eigenvalue weighted by molar-refractivity contribution is -0.129. The quantitative estimate of drug-likeness (QED) is 0.878. The Balaban J connectivity index is 2.28. The van der Waals surface area contributed by atoms with Gasteiger partial charge in [0.1, 0.15) is 5.75 Å². The van der Waals surface area contributed by atoms with Crippen LogP contribution in [0.2, 0.25) is 0 Å². The summed E-state index contributed by atoms with van der Waals surface area (Å²) in [4.78, 5) is 11.8. The highest BCUT2D eigenvalue weighted by Crippen LogP contribution is 2.35. The van der Waals surface area contributed by atoms with Gasteiger partial charge in [0.25, 0.3) is 5.91 Å². The number of amides is 1. The third-order valence-electron chi connectivity index (χ3n) is 3.44. The van der Waals surface area contributed by atoms with E-state index in [1.54, 1.807) is 13.8 Å². The monoisotopic (exact) mass is 262 g/mol. The van der Waals surface area contributed by atoms with Crippen molar-refractivity contribution in [3.8, 4) is 5.75 Å². The molecule has 0 atom stereocenters. The average molecular weight is 262 g/mol. The molecule has 4 nitrogen and oxygen atoms in total. The van der Waals surface area contributed by atoms with Gasteiger partial charge >= 0.3 is 0 Å². The second kappa shape index (κ2) is 4.53. The summed E-state index contributed by atoms with van der Waals surface area (Å²) in [5.41, 5.74) is 6.90. The molecule has 1 aliphatic heterocycles. The lowest BCUT2D eigenvalue weighted by atomic mass is 9.86. The second-order valence-corrected chi connectivity index (χ2v) is 6.44. The van der Waals surface area contributed by atoms with Crippen LogP contribution in [0.5, 0.6) is 5.75 Å². The number of anilines is 1. The van der Waals surface area contributed by atoms with Gasteiger partial charge in [0.15, 0.2) is 5.60 Å². The van der Waals surface area contributed by atoms with Crippen molar-refractivity contribution in [1.29, 1.82) is 0 Å². The van der Waals surface area contributed by atoms with Crippen molar-refractivity contribution in [2.24, 2.45) is 11.1 Å². The van der Waals surface area contributed by atoms with Crippen LogP contribution in [0.25, 0.3) is 0 Å². The van der Waals surface area contributed by atoms with E-state index in [9.17, 15) is 4.79 Å². The predicted molar refractivity (Wildman–Crippen MR) is 76.3 cm³/mol. The van der Waals surface area contributed by atoms with Crippen LogP contribution < -0.4 is 15.8 Å². The summed E-state index contributed by atoms with van der Waals surface area (Å²) in [6.45, 7) is 8.44. The fourth-order valence-electron chi connectivity index (χ4n) is 2.08. The Morgan fingerprint density at radius 1 is 1.37 bits per heavy atom. The number of hydrogen-bond donors (Lipinski definition) is 2. The van der Waals surface area contributed by atoms with Crippen LogP contribution in [-0.4, -0.2) is 18.1 Å². The van der Waals surface area contributed by atoms with Gasteiger partial charge in [-0.3, -0.25) is 4.79 Å². The van der Waals surface area contributed by atoms with E-state index in [1.807, 2.05) is 18.2 Å². The van der Waals surface area contributed by atoms with Gasteiger partial charge in [-0.25, -0.2) is 0 Å². The van der Waals surface area contributed by atoms with Gasteiger partial charge in [-0.2, -0.15) is 0 Å². The third-order valence-corrected chi connectivity index (χ3v) is 3.44. The van der Waals surface area contributed by atoms with E-state index in [1.165, 1.54) is 5.56 Å². The van der Waals surface area contributed by atoms with E-state index in [4.69, 9.17) is 10.5 Å². The summed E-state index contributed by atoms with van der Waals surface area (Å²) in [7, 11) is 0. The number of ether oxygens (including phenoxy) is 1. The zero-order valence-corrected chi connectivity index (χ0v) is 12.0. The number of rotatable bonds is 3.